The number of aromatic amines is 1. The fraction of sp³-hybridized carbons (Fsp3) is 0.458. The molecule has 1 fully saturated rings. The van der Waals surface area contributed by atoms with Crippen LogP contribution in [0.1, 0.15) is 57.4 Å². The lowest BCUT2D eigenvalue weighted by Gasteiger charge is -2.28. The van der Waals surface area contributed by atoms with E-state index in [2.05, 4.69) is 25.0 Å². The second-order valence-corrected chi connectivity index (χ2v) is 11.7. The maximum atomic E-state index is 13.0. The molecule has 0 aliphatic heterocycles. The number of H-pyrrole nitrogens is 1. The van der Waals surface area contributed by atoms with E-state index in [4.69, 9.17) is 4.74 Å². The number of carbonyl (C=O) groups excluding carboxylic acids is 1. The van der Waals surface area contributed by atoms with Crippen LogP contribution in [0.3, 0.4) is 0 Å². The number of hydrogen-bond acceptors (Lipinski definition) is 7. The molecule has 1 aromatic carbocycles. The zero-order valence-electron chi connectivity index (χ0n) is 20.1. The summed E-state index contributed by atoms with van der Waals surface area (Å²) >= 11 is 1.53. The Labute approximate surface area is 209 Å². The highest BCUT2D eigenvalue weighted by molar-refractivity contribution is 7.89. The molecule has 188 valence electrons. The number of thiazole rings is 1. The number of carbonyl (C=O) groups is 1. The summed E-state index contributed by atoms with van der Waals surface area (Å²) in [6, 6.07) is 5.44. The van der Waals surface area contributed by atoms with Crippen molar-refractivity contribution in [2.75, 3.05) is 6.54 Å². The molecule has 2 aromatic heterocycles. The standard InChI is InChI=1S/C24H31N5O4S2/c1-4-28-35(31,32)21-13-17(22-25-11-12-26-22)7-10-19(21)20-14-27-23(34-20)16-5-8-18(9-6-16)29-24(30)33-15(2)3/h7,10-16,18,28H,4-6,8-9H2,1-3H3,(H,25,26)(H,29,30)/t16-,18-. The first-order valence-electron chi connectivity index (χ1n) is 11.8. The molecule has 0 saturated heterocycles. The minimum Gasteiger partial charge on any atom is -0.447 e. The Morgan fingerprint density at radius 1 is 1.23 bits per heavy atom. The highest BCUT2D eigenvalue weighted by Crippen LogP contribution is 2.40. The molecule has 11 heteroatoms. The number of benzene rings is 1. The minimum absolute atomic E-state index is 0.0999. The predicted octanol–water partition coefficient (Wildman–Crippen LogP) is 4.66. The maximum absolute atomic E-state index is 13.0. The number of imidazole rings is 1. The van der Waals surface area contributed by atoms with Crippen LogP contribution in [0.5, 0.6) is 0 Å². The molecule has 3 aromatic rings. The zero-order valence-corrected chi connectivity index (χ0v) is 21.7. The fourth-order valence-electron chi connectivity index (χ4n) is 4.29. The van der Waals surface area contributed by atoms with Crippen molar-refractivity contribution in [1.82, 2.24) is 25.0 Å². The van der Waals surface area contributed by atoms with E-state index >= 15 is 0 Å². The zero-order chi connectivity index (χ0) is 25.0. The van der Waals surface area contributed by atoms with Crippen LogP contribution in [0.25, 0.3) is 21.8 Å². The normalized spacial score (nSPS) is 18.5. The molecular formula is C24H31N5O4S2. The molecule has 4 rings (SSSR count). The van der Waals surface area contributed by atoms with Crippen molar-refractivity contribution >= 4 is 27.5 Å². The van der Waals surface area contributed by atoms with Gasteiger partial charge in [0.15, 0.2) is 0 Å². The first-order chi connectivity index (χ1) is 16.8. The first-order valence-corrected chi connectivity index (χ1v) is 14.1. The highest BCUT2D eigenvalue weighted by atomic mass is 32.2. The molecule has 0 radical (unpaired) electrons. The van der Waals surface area contributed by atoms with Crippen LogP contribution in [0, 0.1) is 0 Å². The minimum atomic E-state index is -3.71. The second-order valence-electron chi connectivity index (χ2n) is 8.86. The topological polar surface area (TPSA) is 126 Å². The summed E-state index contributed by atoms with van der Waals surface area (Å²) in [7, 11) is -3.71. The summed E-state index contributed by atoms with van der Waals surface area (Å²) in [6.07, 6.45) is 8.09. The Kier molecular flexibility index (Phi) is 7.88. The second kappa shape index (κ2) is 10.9. The maximum Gasteiger partial charge on any atom is 0.407 e. The third-order valence-corrected chi connectivity index (χ3v) is 8.69. The third-order valence-electron chi connectivity index (χ3n) is 5.91. The van der Waals surface area contributed by atoms with Gasteiger partial charge in [-0.25, -0.2) is 27.9 Å². The van der Waals surface area contributed by atoms with Gasteiger partial charge >= 0.3 is 6.09 Å². The van der Waals surface area contributed by atoms with Crippen molar-refractivity contribution in [3.8, 4) is 21.8 Å². The van der Waals surface area contributed by atoms with Crippen molar-refractivity contribution in [1.29, 1.82) is 0 Å². The van der Waals surface area contributed by atoms with Gasteiger partial charge in [-0.1, -0.05) is 19.1 Å². The quantitative estimate of drug-likeness (QED) is 0.399. The average Bonchev–Trinajstić information content (AvgIpc) is 3.51. The van der Waals surface area contributed by atoms with Crippen LogP contribution in [-0.4, -0.2) is 48.2 Å². The fourth-order valence-corrected chi connectivity index (χ4v) is 6.76. The van der Waals surface area contributed by atoms with Crippen LogP contribution in [0.2, 0.25) is 0 Å². The lowest BCUT2D eigenvalue weighted by atomic mass is 9.86. The lowest BCUT2D eigenvalue weighted by Crippen LogP contribution is -2.38. The average molecular weight is 518 g/mol. The van der Waals surface area contributed by atoms with Gasteiger partial charge in [-0.2, -0.15) is 0 Å². The molecule has 3 N–H and O–H groups in total. The number of hydrogen-bond donors (Lipinski definition) is 3. The van der Waals surface area contributed by atoms with E-state index in [1.54, 1.807) is 31.6 Å². The van der Waals surface area contributed by atoms with Gasteiger partial charge in [0.2, 0.25) is 10.0 Å². The third kappa shape index (κ3) is 6.09. The molecule has 35 heavy (non-hydrogen) atoms. The molecule has 0 atom stereocenters. The molecule has 1 aliphatic carbocycles. The van der Waals surface area contributed by atoms with Crippen molar-refractivity contribution in [3.63, 3.8) is 0 Å². The molecule has 1 aliphatic rings. The van der Waals surface area contributed by atoms with Gasteiger partial charge in [0.25, 0.3) is 0 Å². The molecule has 0 spiro atoms. The van der Waals surface area contributed by atoms with Gasteiger partial charge in [-0.3, -0.25) is 0 Å². The summed E-state index contributed by atoms with van der Waals surface area (Å²) < 4.78 is 33.9. The summed E-state index contributed by atoms with van der Waals surface area (Å²) in [6.45, 7) is 5.71. The number of nitrogens with zero attached hydrogens (tertiary/aromatic N) is 2. The van der Waals surface area contributed by atoms with Gasteiger partial charge < -0.3 is 15.0 Å². The number of aromatic nitrogens is 3. The molecule has 0 unspecified atom stereocenters. The van der Waals surface area contributed by atoms with Crippen molar-refractivity contribution < 1.29 is 17.9 Å². The van der Waals surface area contributed by atoms with Crippen LogP contribution >= 0.6 is 11.3 Å². The van der Waals surface area contributed by atoms with Crippen LogP contribution in [-0.2, 0) is 14.8 Å². The number of amides is 1. The number of nitrogens with one attached hydrogen (secondary N) is 3. The van der Waals surface area contributed by atoms with E-state index in [0.717, 1.165) is 35.6 Å². The largest absolute Gasteiger partial charge is 0.447 e. The number of rotatable bonds is 8. The summed E-state index contributed by atoms with van der Waals surface area (Å²) in [5, 5.41) is 3.94. The van der Waals surface area contributed by atoms with Crippen molar-refractivity contribution in [3.05, 3.63) is 41.8 Å². The number of ether oxygens (including phenoxy) is 1. The van der Waals surface area contributed by atoms with Gasteiger partial charge in [-0.15, -0.1) is 11.3 Å². The summed E-state index contributed by atoms with van der Waals surface area (Å²) in [5.41, 5.74) is 1.32. The Hall–Kier alpha value is -2.76. The van der Waals surface area contributed by atoms with Crippen LogP contribution in [0.15, 0.2) is 41.7 Å². The Morgan fingerprint density at radius 3 is 2.66 bits per heavy atom. The van der Waals surface area contributed by atoms with Crippen molar-refractivity contribution in [2.24, 2.45) is 0 Å². The van der Waals surface area contributed by atoms with E-state index in [9.17, 15) is 13.2 Å². The van der Waals surface area contributed by atoms with E-state index in [1.165, 1.54) is 11.3 Å². The van der Waals surface area contributed by atoms with E-state index in [0.29, 0.717) is 23.5 Å². The summed E-state index contributed by atoms with van der Waals surface area (Å²) in [5.74, 6) is 0.890. The van der Waals surface area contributed by atoms with Gasteiger partial charge in [0, 0.05) is 48.2 Å². The highest BCUT2D eigenvalue weighted by Gasteiger charge is 2.27. The number of alkyl carbamates (subject to hydrolysis) is 1. The molecule has 0 bridgehead atoms. The molecule has 1 saturated carbocycles. The van der Waals surface area contributed by atoms with Gasteiger partial charge in [0.05, 0.1) is 20.9 Å². The van der Waals surface area contributed by atoms with E-state index in [1.807, 2.05) is 26.0 Å². The van der Waals surface area contributed by atoms with Crippen LogP contribution < -0.4 is 10.0 Å². The molecule has 2 heterocycles. The van der Waals surface area contributed by atoms with Gasteiger partial charge in [-0.05, 0) is 45.6 Å². The monoisotopic (exact) mass is 517 g/mol. The Balaban J connectivity index is 1.53. The lowest BCUT2D eigenvalue weighted by molar-refractivity contribution is 0.109. The van der Waals surface area contributed by atoms with Crippen LogP contribution in [0.4, 0.5) is 4.79 Å². The first kappa shape index (κ1) is 25.3. The van der Waals surface area contributed by atoms with Crippen molar-refractivity contribution in [2.45, 2.75) is 69.4 Å². The van der Waals surface area contributed by atoms with E-state index < -0.39 is 10.0 Å². The summed E-state index contributed by atoms with van der Waals surface area (Å²) in [4.78, 5) is 24.8. The molecule has 1 amide bonds. The Bertz CT molecular complexity index is 1250. The molecule has 9 nitrogen and oxygen atoms in total. The Morgan fingerprint density at radius 2 is 2.00 bits per heavy atom. The smallest absolute Gasteiger partial charge is 0.407 e. The predicted molar refractivity (Wildman–Crippen MR) is 136 cm³/mol. The van der Waals surface area contributed by atoms with Gasteiger partial charge in [0.1, 0.15) is 5.82 Å². The van der Waals surface area contributed by atoms with E-state index in [-0.39, 0.29) is 29.1 Å². The number of sulfonamides is 1. The SMILES string of the molecule is CCNS(=O)(=O)c1cc(-c2ncc[nH]2)ccc1-c1cnc([C@H]2CC[C@H](NC(=O)OC(C)C)CC2)s1. The molecular weight excluding hydrogens is 486 g/mol.